The zero-order chi connectivity index (χ0) is 19.5. The third kappa shape index (κ3) is 3.88. The fraction of sp³-hybridized carbons (Fsp3) is 0.190. The van der Waals surface area contributed by atoms with Gasteiger partial charge in [-0.15, -0.1) is 0 Å². The summed E-state index contributed by atoms with van der Waals surface area (Å²) in [6.45, 7) is 2.83. The maximum Gasteiger partial charge on any atom is 0.271 e. The number of aryl methyl sites for hydroxylation is 1. The van der Waals surface area contributed by atoms with Crippen molar-refractivity contribution in [3.63, 3.8) is 0 Å². The van der Waals surface area contributed by atoms with Gasteiger partial charge in [0.15, 0.2) is 11.5 Å². The summed E-state index contributed by atoms with van der Waals surface area (Å²) in [6, 6.07) is 16.1. The Kier molecular flexibility index (Phi) is 4.80. The highest BCUT2D eigenvalue weighted by Gasteiger charge is 2.14. The first-order valence-corrected chi connectivity index (χ1v) is 8.89. The molecule has 0 aliphatic carbocycles. The van der Waals surface area contributed by atoms with Crippen molar-refractivity contribution in [3.05, 3.63) is 87.3 Å². The molecule has 142 valence electrons. The first-order chi connectivity index (χ1) is 13.6. The molecule has 0 saturated carbocycles. The van der Waals surface area contributed by atoms with E-state index in [0.717, 1.165) is 16.7 Å². The second-order valence-corrected chi connectivity index (χ2v) is 6.57. The Hall–Kier alpha value is -3.61. The normalized spacial score (nSPS) is 12.0. The van der Waals surface area contributed by atoms with Gasteiger partial charge in [0.2, 0.25) is 6.79 Å². The van der Waals surface area contributed by atoms with Crippen LogP contribution >= 0.6 is 0 Å². The van der Waals surface area contributed by atoms with Gasteiger partial charge in [-0.3, -0.25) is 9.59 Å². The van der Waals surface area contributed by atoms with Gasteiger partial charge in [0.1, 0.15) is 5.69 Å². The van der Waals surface area contributed by atoms with E-state index in [9.17, 15) is 9.59 Å². The number of aromatic nitrogens is 2. The molecule has 1 aliphatic rings. The molecule has 0 unspecified atom stereocenters. The number of rotatable bonds is 5. The van der Waals surface area contributed by atoms with Gasteiger partial charge in [-0.05, 0) is 36.2 Å². The first kappa shape index (κ1) is 17.8. The number of benzene rings is 2. The molecule has 0 radical (unpaired) electrons. The van der Waals surface area contributed by atoms with Gasteiger partial charge in [0.05, 0.1) is 6.54 Å². The number of hydrogen-bond donors (Lipinski definition) is 1. The van der Waals surface area contributed by atoms with E-state index in [-0.39, 0.29) is 24.0 Å². The van der Waals surface area contributed by atoms with Crippen LogP contribution in [0.5, 0.6) is 11.5 Å². The highest BCUT2D eigenvalue weighted by Crippen LogP contribution is 2.32. The maximum absolute atomic E-state index is 12.5. The summed E-state index contributed by atoms with van der Waals surface area (Å²) in [7, 11) is 0. The minimum absolute atomic E-state index is 0.187. The predicted molar refractivity (Wildman–Crippen MR) is 103 cm³/mol. The van der Waals surface area contributed by atoms with Crippen LogP contribution in [-0.2, 0) is 13.1 Å². The van der Waals surface area contributed by atoms with Crippen LogP contribution in [0, 0.1) is 6.92 Å². The zero-order valence-electron chi connectivity index (χ0n) is 15.3. The summed E-state index contributed by atoms with van der Waals surface area (Å²) in [4.78, 5) is 24.6. The van der Waals surface area contributed by atoms with Gasteiger partial charge < -0.3 is 14.8 Å². The first-order valence-electron chi connectivity index (χ1n) is 8.89. The molecule has 1 N–H and O–H groups in total. The summed E-state index contributed by atoms with van der Waals surface area (Å²) in [5.74, 6) is 1.01. The smallest absolute Gasteiger partial charge is 0.271 e. The Morgan fingerprint density at radius 1 is 1.04 bits per heavy atom. The molecule has 1 aromatic heterocycles. The second kappa shape index (κ2) is 7.56. The number of fused-ring (bicyclic) bond motifs is 1. The number of nitrogens with zero attached hydrogens (tertiary/aromatic N) is 2. The number of amides is 1. The highest BCUT2D eigenvalue weighted by molar-refractivity contribution is 5.91. The minimum atomic E-state index is -0.352. The Morgan fingerprint density at radius 2 is 1.79 bits per heavy atom. The topological polar surface area (TPSA) is 82.5 Å². The summed E-state index contributed by atoms with van der Waals surface area (Å²) in [6.07, 6.45) is 0. The molecule has 1 amide bonds. The molecule has 7 nitrogen and oxygen atoms in total. The lowest BCUT2D eigenvalue weighted by Gasteiger charge is -2.09. The second-order valence-electron chi connectivity index (χ2n) is 6.57. The Bertz CT molecular complexity index is 1070. The minimum Gasteiger partial charge on any atom is -0.454 e. The van der Waals surface area contributed by atoms with E-state index in [0.29, 0.717) is 24.6 Å². The molecule has 0 bridgehead atoms. The van der Waals surface area contributed by atoms with Gasteiger partial charge in [0, 0.05) is 12.6 Å². The molecule has 1 aliphatic heterocycles. The van der Waals surface area contributed by atoms with Crippen molar-refractivity contribution >= 4 is 5.91 Å². The molecule has 0 saturated heterocycles. The lowest BCUT2D eigenvalue weighted by atomic mass is 10.1. The largest absolute Gasteiger partial charge is 0.454 e. The molecule has 0 atom stereocenters. The van der Waals surface area contributed by atoms with Gasteiger partial charge in [0.25, 0.3) is 11.5 Å². The average molecular weight is 377 g/mol. The van der Waals surface area contributed by atoms with Gasteiger partial charge in [-0.1, -0.05) is 35.9 Å². The Labute approximate surface area is 161 Å². The summed E-state index contributed by atoms with van der Waals surface area (Å²) in [5, 5.41) is 7.02. The molecule has 2 aromatic carbocycles. The van der Waals surface area contributed by atoms with Crippen LogP contribution in [0.2, 0.25) is 0 Å². The van der Waals surface area contributed by atoms with Crippen molar-refractivity contribution in [1.82, 2.24) is 15.1 Å². The fourth-order valence-electron chi connectivity index (χ4n) is 2.87. The monoisotopic (exact) mass is 377 g/mol. The van der Waals surface area contributed by atoms with Crippen LogP contribution < -0.4 is 20.3 Å². The lowest BCUT2D eigenvalue weighted by molar-refractivity contribution is 0.0943. The van der Waals surface area contributed by atoms with Gasteiger partial charge in [-0.2, -0.15) is 5.10 Å². The zero-order valence-corrected chi connectivity index (χ0v) is 15.3. The van der Waals surface area contributed by atoms with E-state index in [1.807, 2.05) is 49.4 Å². The van der Waals surface area contributed by atoms with Crippen molar-refractivity contribution in [1.29, 1.82) is 0 Å². The van der Waals surface area contributed by atoms with Crippen molar-refractivity contribution < 1.29 is 14.3 Å². The molecular formula is C21H19N3O4. The summed E-state index contributed by atoms with van der Waals surface area (Å²) < 4.78 is 11.9. The van der Waals surface area contributed by atoms with Crippen LogP contribution in [0.3, 0.4) is 0 Å². The van der Waals surface area contributed by atoms with Crippen molar-refractivity contribution in [2.24, 2.45) is 0 Å². The van der Waals surface area contributed by atoms with E-state index in [2.05, 4.69) is 10.4 Å². The van der Waals surface area contributed by atoms with E-state index < -0.39 is 0 Å². The van der Waals surface area contributed by atoms with Crippen molar-refractivity contribution in [3.8, 4) is 11.5 Å². The molecule has 4 rings (SSSR count). The van der Waals surface area contributed by atoms with E-state index in [4.69, 9.17) is 9.47 Å². The van der Waals surface area contributed by atoms with Crippen LogP contribution in [0.15, 0.2) is 59.4 Å². The van der Waals surface area contributed by atoms with E-state index in [1.54, 1.807) is 0 Å². The molecular weight excluding hydrogens is 358 g/mol. The average Bonchev–Trinajstić information content (AvgIpc) is 3.17. The van der Waals surface area contributed by atoms with Crippen LogP contribution in [0.4, 0.5) is 0 Å². The van der Waals surface area contributed by atoms with Crippen molar-refractivity contribution in [2.75, 3.05) is 6.79 Å². The molecule has 7 heteroatoms. The quantitative estimate of drug-likeness (QED) is 0.738. The van der Waals surface area contributed by atoms with E-state index >= 15 is 0 Å². The third-order valence-corrected chi connectivity index (χ3v) is 4.44. The highest BCUT2D eigenvalue weighted by atomic mass is 16.7. The number of hydrogen-bond acceptors (Lipinski definition) is 5. The molecule has 2 heterocycles. The summed E-state index contributed by atoms with van der Waals surface area (Å²) >= 11 is 0. The van der Waals surface area contributed by atoms with Crippen molar-refractivity contribution in [2.45, 2.75) is 20.0 Å². The van der Waals surface area contributed by atoms with Crippen LogP contribution in [0.25, 0.3) is 0 Å². The number of carbonyl (C=O) groups excluding carboxylic acids is 1. The number of nitrogens with one attached hydrogen (secondary N) is 1. The SMILES string of the molecule is Cc1ccc(Cn2nc(C(=O)NCc3ccc4c(c3)OCO4)ccc2=O)cc1. The maximum atomic E-state index is 12.5. The standard InChI is InChI=1S/C21H19N3O4/c1-14-2-4-15(5-3-14)12-24-20(25)9-7-17(23-24)21(26)22-11-16-6-8-18-19(10-16)28-13-27-18/h2-10H,11-13H2,1H3,(H,22,26). The fourth-order valence-corrected chi connectivity index (χ4v) is 2.87. The predicted octanol–water partition coefficient (Wildman–Crippen LogP) is 2.26. The Balaban J connectivity index is 1.45. The van der Waals surface area contributed by atoms with Gasteiger partial charge in [-0.25, -0.2) is 4.68 Å². The lowest BCUT2D eigenvalue weighted by Crippen LogP contribution is -2.29. The Morgan fingerprint density at radius 3 is 2.61 bits per heavy atom. The van der Waals surface area contributed by atoms with E-state index in [1.165, 1.54) is 16.8 Å². The molecule has 3 aromatic rings. The van der Waals surface area contributed by atoms with Crippen LogP contribution in [-0.4, -0.2) is 22.5 Å². The molecule has 28 heavy (non-hydrogen) atoms. The third-order valence-electron chi connectivity index (χ3n) is 4.44. The van der Waals surface area contributed by atoms with Gasteiger partial charge >= 0.3 is 0 Å². The number of carbonyl (C=O) groups is 1. The molecule has 0 fully saturated rings. The molecule has 0 spiro atoms. The van der Waals surface area contributed by atoms with Crippen LogP contribution in [0.1, 0.15) is 27.2 Å². The summed E-state index contributed by atoms with van der Waals surface area (Å²) in [5.41, 5.74) is 2.89. The number of ether oxygens (including phenoxy) is 2.